The Bertz CT molecular complexity index is 1030. The van der Waals surface area contributed by atoms with Gasteiger partial charge in [-0.15, -0.1) is 0 Å². The van der Waals surface area contributed by atoms with Crippen molar-refractivity contribution in [3.05, 3.63) is 58.8 Å². The van der Waals surface area contributed by atoms with Gasteiger partial charge in [0.1, 0.15) is 5.82 Å². The van der Waals surface area contributed by atoms with Crippen molar-refractivity contribution in [2.75, 3.05) is 19.6 Å². The normalized spacial score (nSPS) is 15.0. The molecule has 0 bridgehead atoms. The Balaban J connectivity index is 1.77. The fourth-order valence-electron chi connectivity index (χ4n) is 3.31. The first-order chi connectivity index (χ1) is 12.2. The molecule has 3 heterocycles. The van der Waals surface area contributed by atoms with Crippen molar-refractivity contribution >= 4 is 10.9 Å². The van der Waals surface area contributed by atoms with Crippen LogP contribution in [0.3, 0.4) is 0 Å². The van der Waals surface area contributed by atoms with Crippen LogP contribution >= 0.6 is 0 Å². The number of benzene rings is 1. The summed E-state index contributed by atoms with van der Waals surface area (Å²) in [6.07, 6.45) is 1.75. The van der Waals surface area contributed by atoms with Crippen LogP contribution in [0.5, 0.6) is 0 Å². The van der Waals surface area contributed by atoms with E-state index in [-0.39, 0.29) is 11.5 Å². The molecule has 0 atom stereocenters. The Hall–Kier alpha value is -3.04. The smallest absolute Gasteiger partial charge is 0.261 e. The lowest BCUT2D eigenvalue weighted by Gasteiger charge is -2.37. The second kappa shape index (κ2) is 6.11. The molecule has 1 fully saturated rings. The molecule has 6 nitrogen and oxygen atoms in total. The van der Waals surface area contributed by atoms with Crippen molar-refractivity contribution in [3.63, 3.8) is 0 Å². The standard InChI is InChI=1S/C19H17N5O/c1-23-18(14-11-24(12-14)9-7-20)22-17-10-13(5-6-15(17)19(23)25)16-4-2-3-8-21-16/h2-6,8,10,14H,9,11-12H2,1H3. The van der Waals surface area contributed by atoms with Crippen LogP contribution in [0, 0.1) is 11.3 Å². The zero-order valence-electron chi connectivity index (χ0n) is 13.9. The quantitative estimate of drug-likeness (QED) is 0.686. The third kappa shape index (κ3) is 2.69. The molecule has 0 unspecified atom stereocenters. The summed E-state index contributed by atoms with van der Waals surface area (Å²) in [4.78, 5) is 23.9. The number of likely N-dealkylation sites (tertiary alicyclic amines) is 1. The van der Waals surface area contributed by atoms with Crippen molar-refractivity contribution in [1.82, 2.24) is 19.4 Å². The summed E-state index contributed by atoms with van der Waals surface area (Å²) in [5.41, 5.74) is 2.46. The number of fused-ring (bicyclic) bond motifs is 1. The zero-order valence-corrected chi connectivity index (χ0v) is 13.9. The van der Waals surface area contributed by atoms with Crippen molar-refractivity contribution in [3.8, 4) is 17.3 Å². The minimum absolute atomic E-state index is 0.0358. The average Bonchev–Trinajstić information content (AvgIpc) is 2.61. The average molecular weight is 331 g/mol. The van der Waals surface area contributed by atoms with E-state index in [0.29, 0.717) is 17.4 Å². The number of hydrogen-bond donors (Lipinski definition) is 0. The first-order valence-electron chi connectivity index (χ1n) is 8.19. The van der Waals surface area contributed by atoms with Gasteiger partial charge in [0.15, 0.2) is 0 Å². The maximum atomic E-state index is 12.7. The molecule has 2 aromatic heterocycles. The van der Waals surface area contributed by atoms with Gasteiger partial charge in [0, 0.05) is 37.8 Å². The van der Waals surface area contributed by atoms with E-state index in [1.165, 1.54) is 0 Å². The number of rotatable bonds is 3. The molecule has 1 aliphatic heterocycles. The molecule has 0 radical (unpaired) electrons. The minimum Gasteiger partial charge on any atom is -0.299 e. The summed E-state index contributed by atoms with van der Waals surface area (Å²) >= 11 is 0. The van der Waals surface area contributed by atoms with Crippen LogP contribution in [0.4, 0.5) is 0 Å². The molecule has 1 aliphatic rings. The zero-order chi connectivity index (χ0) is 17.4. The molecule has 0 aliphatic carbocycles. The first-order valence-corrected chi connectivity index (χ1v) is 8.19. The van der Waals surface area contributed by atoms with Gasteiger partial charge in [-0.1, -0.05) is 12.1 Å². The fraction of sp³-hybridized carbons (Fsp3) is 0.263. The van der Waals surface area contributed by atoms with E-state index in [9.17, 15) is 4.79 Å². The number of pyridine rings is 1. The third-order valence-electron chi connectivity index (χ3n) is 4.69. The minimum atomic E-state index is -0.0358. The van der Waals surface area contributed by atoms with Crippen LogP contribution in [0.2, 0.25) is 0 Å². The summed E-state index contributed by atoms with van der Waals surface area (Å²) in [6, 6.07) is 13.6. The monoisotopic (exact) mass is 331 g/mol. The van der Waals surface area contributed by atoms with E-state index in [2.05, 4.69) is 11.1 Å². The highest BCUT2D eigenvalue weighted by atomic mass is 16.1. The Morgan fingerprint density at radius 2 is 2.12 bits per heavy atom. The second-order valence-electron chi connectivity index (χ2n) is 6.33. The van der Waals surface area contributed by atoms with Gasteiger partial charge in [0.05, 0.1) is 29.2 Å². The van der Waals surface area contributed by atoms with Gasteiger partial charge in [-0.05, 0) is 24.3 Å². The molecule has 4 rings (SSSR count). The third-order valence-corrected chi connectivity index (χ3v) is 4.69. The molecule has 0 amide bonds. The van der Waals surface area contributed by atoms with E-state index in [1.807, 2.05) is 41.3 Å². The van der Waals surface area contributed by atoms with E-state index >= 15 is 0 Å². The SMILES string of the molecule is Cn1c(C2CN(CC#N)C2)nc2cc(-c3ccccn3)ccc2c1=O. The highest BCUT2D eigenvalue weighted by molar-refractivity contribution is 5.83. The van der Waals surface area contributed by atoms with Gasteiger partial charge >= 0.3 is 0 Å². The molecule has 1 aromatic carbocycles. The van der Waals surface area contributed by atoms with Crippen molar-refractivity contribution < 1.29 is 0 Å². The highest BCUT2D eigenvalue weighted by Crippen LogP contribution is 2.26. The highest BCUT2D eigenvalue weighted by Gasteiger charge is 2.31. The Morgan fingerprint density at radius 1 is 1.28 bits per heavy atom. The molecular weight excluding hydrogens is 314 g/mol. The lowest BCUT2D eigenvalue weighted by molar-refractivity contribution is 0.161. The molecule has 0 saturated carbocycles. The van der Waals surface area contributed by atoms with Crippen molar-refractivity contribution in [1.29, 1.82) is 5.26 Å². The van der Waals surface area contributed by atoms with Gasteiger partial charge in [0.25, 0.3) is 5.56 Å². The maximum absolute atomic E-state index is 12.7. The molecule has 0 N–H and O–H groups in total. The molecule has 124 valence electrons. The predicted octanol–water partition coefficient (Wildman–Crippen LogP) is 1.92. The van der Waals surface area contributed by atoms with Crippen molar-refractivity contribution in [2.24, 2.45) is 7.05 Å². The van der Waals surface area contributed by atoms with E-state index in [4.69, 9.17) is 10.2 Å². The summed E-state index contributed by atoms with van der Waals surface area (Å²) < 4.78 is 1.64. The fourth-order valence-corrected chi connectivity index (χ4v) is 3.31. The summed E-state index contributed by atoms with van der Waals surface area (Å²) in [6.45, 7) is 1.94. The Kier molecular flexibility index (Phi) is 3.79. The lowest BCUT2D eigenvalue weighted by atomic mass is 9.98. The molecule has 1 saturated heterocycles. The number of nitrogens with zero attached hydrogens (tertiary/aromatic N) is 5. The molecular formula is C19H17N5O. The molecule has 0 spiro atoms. The summed E-state index contributed by atoms with van der Waals surface area (Å²) in [7, 11) is 1.77. The van der Waals surface area contributed by atoms with Crippen LogP contribution in [0.25, 0.3) is 22.2 Å². The number of aromatic nitrogens is 3. The molecule has 6 heteroatoms. The Labute approximate surface area is 145 Å². The van der Waals surface area contributed by atoms with E-state index < -0.39 is 0 Å². The van der Waals surface area contributed by atoms with Gasteiger partial charge in [-0.2, -0.15) is 5.26 Å². The lowest BCUT2D eigenvalue weighted by Crippen LogP contribution is -2.47. The van der Waals surface area contributed by atoms with E-state index in [0.717, 1.165) is 30.2 Å². The van der Waals surface area contributed by atoms with Gasteiger partial charge in [-0.25, -0.2) is 4.98 Å². The van der Waals surface area contributed by atoms with Gasteiger partial charge in [0.2, 0.25) is 0 Å². The molecule has 3 aromatic rings. The Morgan fingerprint density at radius 3 is 2.84 bits per heavy atom. The second-order valence-corrected chi connectivity index (χ2v) is 6.33. The van der Waals surface area contributed by atoms with Crippen LogP contribution in [0.15, 0.2) is 47.4 Å². The largest absolute Gasteiger partial charge is 0.299 e. The molecule has 25 heavy (non-hydrogen) atoms. The predicted molar refractivity (Wildman–Crippen MR) is 95.0 cm³/mol. The summed E-state index contributed by atoms with van der Waals surface area (Å²) in [5, 5.41) is 9.38. The van der Waals surface area contributed by atoms with Crippen molar-refractivity contribution in [2.45, 2.75) is 5.92 Å². The summed E-state index contributed by atoms with van der Waals surface area (Å²) in [5.74, 6) is 0.971. The van der Waals surface area contributed by atoms with Crippen LogP contribution < -0.4 is 5.56 Å². The van der Waals surface area contributed by atoms with E-state index in [1.54, 1.807) is 17.8 Å². The van der Waals surface area contributed by atoms with Crippen LogP contribution in [-0.4, -0.2) is 39.1 Å². The van der Waals surface area contributed by atoms with Crippen LogP contribution in [0.1, 0.15) is 11.7 Å². The van der Waals surface area contributed by atoms with Gasteiger partial charge in [-0.3, -0.25) is 19.2 Å². The number of nitriles is 1. The van der Waals surface area contributed by atoms with Crippen LogP contribution in [-0.2, 0) is 7.05 Å². The topological polar surface area (TPSA) is 74.8 Å². The number of hydrogen-bond acceptors (Lipinski definition) is 5. The maximum Gasteiger partial charge on any atom is 0.261 e. The van der Waals surface area contributed by atoms with Gasteiger partial charge < -0.3 is 0 Å². The first kappa shape index (κ1) is 15.5.